The van der Waals surface area contributed by atoms with E-state index in [0.717, 1.165) is 0 Å². The minimum Gasteiger partial charge on any atom is -0.508 e. The first kappa shape index (κ1) is 11.2. The molecule has 27 heavy (non-hydrogen) atoms. The molecule has 1 aromatic rings. The van der Waals surface area contributed by atoms with Crippen LogP contribution in [0.4, 0.5) is 0 Å². The summed E-state index contributed by atoms with van der Waals surface area (Å²) >= 11 is 0. The van der Waals surface area contributed by atoms with Crippen LogP contribution in [0.3, 0.4) is 0 Å². The average Bonchev–Trinajstić information content (AvgIpc) is 2.76. The quantitative estimate of drug-likeness (QED) is 0.508. The van der Waals surface area contributed by atoms with E-state index in [1.54, 1.807) is 6.92 Å². The molecule has 7 nitrogen and oxygen atoms in total. The summed E-state index contributed by atoms with van der Waals surface area (Å²) in [6.45, 7) is -4.24. The smallest absolute Gasteiger partial charge is 0.328 e. The average molecular weight is 387 g/mol. The third-order valence-electron chi connectivity index (χ3n) is 3.27. The Morgan fingerprint density at radius 1 is 1.15 bits per heavy atom. The fraction of sp³-hybridized carbons (Fsp3) is 0.450. The van der Waals surface area contributed by atoms with Gasteiger partial charge in [-0.3, -0.25) is 4.79 Å². The zero-order valence-corrected chi connectivity index (χ0v) is 14.7. The number of phenols is 1. The molecule has 1 fully saturated rings. The zero-order valence-electron chi connectivity index (χ0n) is 24.7. The van der Waals surface area contributed by atoms with Gasteiger partial charge in [0.25, 0.3) is 0 Å². The van der Waals surface area contributed by atoms with Crippen LogP contribution < -0.4 is 0 Å². The summed E-state index contributed by atoms with van der Waals surface area (Å²) in [6, 6.07) is 4.15. The van der Waals surface area contributed by atoms with Gasteiger partial charge in [-0.05, 0) is 44.3 Å². The van der Waals surface area contributed by atoms with Crippen molar-refractivity contribution in [2.24, 2.45) is 5.92 Å². The van der Waals surface area contributed by atoms with E-state index in [4.69, 9.17) is 23.9 Å². The number of aliphatic carboxylic acids is 2. The molecule has 1 heterocycles. The first-order valence-electron chi connectivity index (χ1n) is 12.7. The first-order valence-corrected chi connectivity index (χ1v) is 7.72. The van der Waals surface area contributed by atoms with Crippen molar-refractivity contribution < 1.29 is 43.4 Å². The molecular weight excluding hydrogens is 350 g/mol. The molecule has 148 valence electrons. The maximum absolute atomic E-state index is 12.7. The number of ketones is 1. The Kier molecular flexibility index (Phi) is 4.63. The SMILES string of the molecule is O=C(O)/C=C/C(=O)O.[2H]C1([2H])N(CC(C)C(=O)c2ccc(C)c(O)c2)C([2H])([2H])C([2H])([2H])C([2H])([2H])C1([2H])[2H]. The van der Waals surface area contributed by atoms with E-state index in [9.17, 15) is 19.5 Å². The summed E-state index contributed by atoms with van der Waals surface area (Å²) in [5.74, 6) is -4.33. The Labute approximate surface area is 173 Å². The van der Waals surface area contributed by atoms with Crippen molar-refractivity contribution in [2.75, 3.05) is 19.5 Å². The number of nitrogens with zero attached hydrogens (tertiary/aromatic N) is 1. The number of carbonyl (C=O) groups excluding carboxylic acids is 1. The number of benzene rings is 1. The molecule has 0 aliphatic carbocycles. The second-order valence-electron chi connectivity index (χ2n) is 5.49. The van der Waals surface area contributed by atoms with Crippen LogP contribution in [0.25, 0.3) is 0 Å². The van der Waals surface area contributed by atoms with Crippen molar-refractivity contribution in [3.05, 3.63) is 41.5 Å². The number of piperidine rings is 1. The highest BCUT2D eigenvalue weighted by Crippen LogP contribution is 2.20. The number of hydrogen-bond acceptors (Lipinski definition) is 5. The van der Waals surface area contributed by atoms with E-state index >= 15 is 0 Å². The molecule has 1 aromatic carbocycles. The first-order chi connectivity index (χ1) is 16.5. The van der Waals surface area contributed by atoms with Crippen molar-refractivity contribution in [3.63, 3.8) is 0 Å². The fourth-order valence-corrected chi connectivity index (χ4v) is 1.89. The van der Waals surface area contributed by atoms with Crippen molar-refractivity contribution in [1.29, 1.82) is 0 Å². The highest BCUT2D eigenvalue weighted by atomic mass is 16.4. The van der Waals surface area contributed by atoms with Crippen molar-refractivity contribution in [2.45, 2.75) is 33.0 Å². The molecular formula is C20H27NO6. The highest BCUT2D eigenvalue weighted by molar-refractivity contribution is 5.98. The van der Waals surface area contributed by atoms with Crippen LogP contribution >= 0.6 is 0 Å². The minimum absolute atomic E-state index is 0.0834. The molecule has 1 unspecified atom stereocenters. The Morgan fingerprint density at radius 2 is 1.70 bits per heavy atom. The Bertz CT molecular complexity index is 1040. The third-order valence-corrected chi connectivity index (χ3v) is 3.27. The van der Waals surface area contributed by atoms with Crippen LogP contribution in [0, 0.1) is 12.8 Å². The largest absolute Gasteiger partial charge is 0.508 e. The number of aromatic hydroxyl groups is 1. The lowest BCUT2D eigenvalue weighted by molar-refractivity contribution is -0.134. The van der Waals surface area contributed by atoms with E-state index in [1.165, 1.54) is 25.1 Å². The molecule has 0 saturated carbocycles. The molecule has 2 rings (SSSR count). The van der Waals surface area contributed by atoms with Crippen LogP contribution in [-0.4, -0.2) is 57.5 Å². The molecule has 1 saturated heterocycles. The van der Waals surface area contributed by atoms with Gasteiger partial charge in [-0.15, -0.1) is 0 Å². The summed E-state index contributed by atoms with van der Waals surface area (Å²) in [5.41, 5.74) is 0.613. The maximum atomic E-state index is 12.7. The molecule has 0 amide bonds. The second-order valence-corrected chi connectivity index (χ2v) is 5.49. The van der Waals surface area contributed by atoms with Crippen LogP contribution in [0.2, 0.25) is 0 Å². The minimum atomic E-state index is -3.49. The molecule has 0 aromatic heterocycles. The third kappa shape index (κ3) is 8.50. The molecule has 0 radical (unpaired) electrons. The van der Waals surface area contributed by atoms with Crippen molar-refractivity contribution in [1.82, 2.24) is 4.90 Å². The second kappa shape index (κ2) is 11.1. The van der Waals surface area contributed by atoms with Gasteiger partial charge in [-0.1, -0.05) is 25.4 Å². The van der Waals surface area contributed by atoms with Crippen LogP contribution in [0.5, 0.6) is 5.75 Å². The predicted molar refractivity (Wildman–Crippen MR) is 101 cm³/mol. The Morgan fingerprint density at radius 3 is 2.19 bits per heavy atom. The monoisotopic (exact) mass is 387 g/mol. The number of hydrogen-bond donors (Lipinski definition) is 3. The number of aryl methyl sites for hydroxylation is 1. The lowest BCUT2D eigenvalue weighted by Crippen LogP contribution is -2.35. The van der Waals surface area contributed by atoms with E-state index in [0.29, 0.717) is 17.7 Å². The molecule has 7 heteroatoms. The number of likely N-dealkylation sites (tertiary alicyclic amines) is 1. The zero-order chi connectivity index (χ0) is 29.4. The fourth-order valence-electron chi connectivity index (χ4n) is 1.89. The topological polar surface area (TPSA) is 115 Å². The summed E-state index contributed by atoms with van der Waals surface area (Å²) < 4.78 is 79.6. The van der Waals surface area contributed by atoms with Crippen molar-refractivity contribution in [3.8, 4) is 5.75 Å². The number of carboxylic acid groups (broad SMARTS) is 2. The van der Waals surface area contributed by atoms with Crippen molar-refractivity contribution >= 4 is 17.7 Å². The molecule has 1 aliphatic heterocycles. The Hall–Kier alpha value is -2.67. The molecule has 0 spiro atoms. The van der Waals surface area contributed by atoms with Crippen LogP contribution in [0.1, 0.15) is 55.7 Å². The number of rotatable bonds is 6. The van der Waals surface area contributed by atoms with E-state index in [-0.39, 0.29) is 16.2 Å². The van der Waals surface area contributed by atoms with Crippen LogP contribution in [-0.2, 0) is 9.59 Å². The highest BCUT2D eigenvalue weighted by Gasteiger charge is 2.20. The van der Waals surface area contributed by atoms with Gasteiger partial charge in [0.2, 0.25) is 0 Å². The summed E-state index contributed by atoms with van der Waals surface area (Å²) in [5, 5.41) is 25.4. The van der Waals surface area contributed by atoms with E-state index < -0.39 is 62.3 Å². The summed E-state index contributed by atoms with van der Waals surface area (Å²) in [7, 11) is 0. The van der Waals surface area contributed by atoms with Gasteiger partial charge in [0.1, 0.15) is 5.75 Å². The standard InChI is InChI=1S/C16H23NO2.C4H4O4/c1-12-6-7-14(10-15(12)18)16(19)13(2)11-17-8-4-3-5-9-17;5-3(6)1-2-4(7)8/h6-7,10,13,18H,3-5,8-9,11H2,1-2H3;1-2H,(H,5,6)(H,7,8)/b;2-1+/i3D2,4D2,5D2,8D2,9D2;. The lowest BCUT2D eigenvalue weighted by Gasteiger charge is -2.28. The predicted octanol–water partition coefficient (Wildman–Crippen LogP) is 2.72. The molecule has 1 atom stereocenters. The van der Waals surface area contributed by atoms with E-state index in [2.05, 4.69) is 0 Å². The molecule has 3 N–H and O–H groups in total. The van der Waals surface area contributed by atoms with Gasteiger partial charge in [-0.2, -0.15) is 0 Å². The Balaban J connectivity index is 0.000000738. The maximum Gasteiger partial charge on any atom is 0.328 e. The lowest BCUT2D eigenvalue weighted by atomic mass is 9.97. The van der Waals surface area contributed by atoms with Gasteiger partial charge in [0.15, 0.2) is 5.78 Å². The van der Waals surface area contributed by atoms with Gasteiger partial charge >= 0.3 is 11.9 Å². The van der Waals surface area contributed by atoms with Crippen LogP contribution in [0.15, 0.2) is 30.4 Å². The van der Waals surface area contributed by atoms with Gasteiger partial charge in [-0.25, -0.2) is 9.59 Å². The number of phenolic OH excluding ortho intramolecular Hbond substituents is 1. The number of Topliss-reactive ketones (excluding diaryl/α,β-unsaturated/α-hetero) is 1. The normalized spacial score (nSPS) is 30.4. The summed E-state index contributed by atoms with van der Waals surface area (Å²) in [6.07, 6.45) is -9.20. The summed E-state index contributed by atoms with van der Waals surface area (Å²) in [4.78, 5) is 32.1. The van der Waals surface area contributed by atoms with Gasteiger partial charge < -0.3 is 20.2 Å². The molecule has 1 aliphatic rings. The number of carbonyl (C=O) groups is 3. The molecule has 0 bridgehead atoms. The van der Waals surface area contributed by atoms with Gasteiger partial charge in [0.05, 0.1) is 0 Å². The van der Waals surface area contributed by atoms with E-state index in [1.807, 2.05) is 0 Å². The van der Waals surface area contributed by atoms with Gasteiger partial charge in [0, 0.05) is 43.9 Å². The number of carboxylic acids is 2.